The molecule has 1 heterocycles. The second kappa shape index (κ2) is 6.30. The number of aliphatic hydroxyl groups is 1. The molecule has 0 saturated heterocycles. The lowest BCUT2D eigenvalue weighted by molar-refractivity contribution is -0.00160. The summed E-state index contributed by atoms with van der Waals surface area (Å²) in [4.78, 5) is 12.2. The number of rotatable bonds is 4. The lowest BCUT2D eigenvalue weighted by Crippen LogP contribution is -2.43. The average molecular weight is 313 g/mol. The van der Waals surface area contributed by atoms with Crippen LogP contribution in [-0.2, 0) is 5.60 Å². The van der Waals surface area contributed by atoms with Gasteiger partial charge in [0, 0.05) is 17.5 Å². The fourth-order valence-corrected chi connectivity index (χ4v) is 2.70. The van der Waals surface area contributed by atoms with E-state index in [2.05, 4.69) is 5.32 Å². The molecule has 1 amide bonds. The van der Waals surface area contributed by atoms with E-state index in [4.69, 9.17) is 9.47 Å². The van der Waals surface area contributed by atoms with E-state index < -0.39 is 5.60 Å². The molecule has 1 aliphatic rings. The predicted octanol–water partition coefficient (Wildman–Crippen LogP) is 2.10. The highest BCUT2D eigenvalue weighted by atomic mass is 16.5. The van der Waals surface area contributed by atoms with Crippen molar-refractivity contribution >= 4 is 5.91 Å². The van der Waals surface area contributed by atoms with E-state index in [0.29, 0.717) is 35.7 Å². The fraction of sp³-hybridized carbons (Fsp3) is 0.278. The van der Waals surface area contributed by atoms with E-state index in [1.54, 1.807) is 31.4 Å². The standard InChI is InChI=1S/C18H19NO4/c1-22-14-8-6-13(7-9-14)17(20)19-12-18(21)10-11-23-16-5-3-2-4-15(16)18/h2-9,21H,10-12H2,1H3,(H,19,20). The van der Waals surface area contributed by atoms with Gasteiger partial charge in [-0.15, -0.1) is 0 Å². The molecular formula is C18H19NO4. The lowest BCUT2D eigenvalue weighted by Gasteiger charge is -2.34. The number of nitrogens with one attached hydrogen (secondary N) is 1. The summed E-state index contributed by atoms with van der Waals surface area (Å²) < 4.78 is 10.6. The van der Waals surface area contributed by atoms with Crippen molar-refractivity contribution in [2.75, 3.05) is 20.3 Å². The first-order valence-electron chi connectivity index (χ1n) is 7.49. The van der Waals surface area contributed by atoms with Crippen LogP contribution in [0.15, 0.2) is 48.5 Å². The zero-order valence-electron chi connectivity index (χ0n) is 12.9. The van der Waals surface area contributed by atoms with Gasteiger partial charge in [-0.05, 0) is 30.3 Å². The third-order valence-electron chi connectivity index (χ3n) is 4.06. The second-order valence-electron chi connectivity index (χ2n) is 5.54. The molecule has 0 aromatic heterocycles. The first-order chi connectivity index (χ1) is 11.1. The molecule has 1 atom stereocenters. The van der Waals surface area contributed by atoms with Crippen LogP contribution in [0.4, 0.5) is 0 Å². The van der Waals surface area contributed by atoms with Gasteiger partial charge in [0.2, 0.25) is 0 Å². The average Bonchev–Trinajstić information content (AvgIpc) is 2.60. The van der Waals surface area contributed by atoms with Crippen LogP contribution >= 0.6 is 0 Å². The van der Waals surface area contributed by atoms with Gasteiger partial charge in [0.15, 0.2) is 0 Å². The van der Waals surface area contributed by atoms with Crippen LogP contribution in [0.2, 0.25) is 0 Å². The minimum atomic E-state index is -1.11. The minimum absolute atomic E-state index is 0.137. The summed E-state index contributed by atoms with van der Waals surface area (Å²) in [5.74, 6) is 1.13. The quantitative estimate of drug-likeness (QED) is 0.907. The third-order valence-corrected chi connectivity index (χ3v) is 4.06. The predicted molar refractivity (Wildman–Crippen MR) is 85.8 cm³/mol. The first-order valence-corrected chi connectivity index (χ1v) is 7.49. The summed E-state index contributed by atoms with van der Waals surface area (Å²) in [6, 6.07) is 14.2. The van der Waals surface area contributed by atoms with E-state index in [9.17, 15) is 9.90 Å². The molecule has 23 heavy (non-hydrogen) atoms. The molecule has 2 aromatic carbocycles. The van der Waals surface area contributed by atoms with E-state index in [-0.39, 0.29) is 12.5 Å². The number of carbonyl (C=O) groups excluding carboxylic acids is 1. The third kappa shape index (κ3) is 3.14. The molecule has 0 spiro atoms. The summed E-state index contributed by atoms with van der Waals surface area (Å²) in [5, 5.41) is 13.7. The monoisotopic (exact) mass is 313 g/mol. The van der Waals surface area contributed by atoms with Crippen LogP contribution in [0.5, 0.6) is 11.5 Å². The maximum atomic E-state index is 12.2. The maximum absolute atomic E-state index is 12.2. The van der Waals surface area contributed by atoms with Gasteiger partial charge in [0.05, 0.1) is 20.3 Å². The van der Waals surface area contributed by atoms with Crippen LogP contribution < -0.4 is 14.8 Å². The normalized spacial score (nSPS) is 19.4. The Morgan fingerprint density at radius 1 is 1.26 bits per heavy atom. The van der Waals surface area contributed by atoms with Crippen molar-refractivity contribution in [2.45, 2.75) is 12.0 Å². The summed E-state index contributed by atoms with van der Waals surface area (Å²) in [6.07, 6.45) is 0.437. The molecule has 0 bridgehead atoms. The van der Waals surface area contributed by atoms with Gasteiger partial charge in [-0.3, -0.25) is 4.79 Å². The molecule has 2 aromatic rings. The highest BCUT2D eigenvalue weighted by molar-refractivity contribution is 5.94. The van der Waals surface area contributed by atoms with Gasteiger partial charge >= 0.3 is 0 Å². The van der Waals surface area contributed by atoms with Gasteiger partial charge < -0.3 is 19.9 Å². The van der Waals surface area contributed by atoms with Gasteiger partial charge in [-0.1, -0.05) is 18.2 Å². The highest BCUT2D eigenvalue weighted by Gasteiger charge is 2.35. The molecular weight excluding hydrogens is 294 g/mol. The van der Waals surface area contributed by atoms with E-state index in [1.165, 1.54) is 0 Å². The molecule has 0 aliphatic carbocycles. The van der Waals surface area contributed by atoms with Crippen molar-refractivity contribution in [3.05, 3.63) is 59.7 Å². The topological polar surface area (TPSA) is 67.8 Å². The first kappa shape index (κ1) is 15.4. The van der Waals surface area contributed by atoms with Crippen LogP contribution in [0.3, 0.4) is 0 Å². The minimum Gasteiger partial charge on any atom is -0.497 e. The Morgan fingerprint density at radius 2 is 2.00 bits per heavy atom. The number of fused-ring (bicyclic) bond motifs is 1. The smallest absolute Gasteiger partial charge is 0.251 e. The van der Waals surface area contributed by atoms with Crippen molar-refractivity contribution in [3.63, 3.8) is 0 Å². The van der Waals surface area contributed by atoms with Crippen LogP contribution in [0, 0.1) is 0 Å². The van der Waals surface area contributed by atoms with Crippen molar-refractivity contribution in [2.24, 2.45) is 0 Å². The number of para-hydroxylation sites is 1. The van der Waals surface area contributed by atoms with Crippen LogP contribution in [-0.4, -0.2) is 31.3 Å². The van der Waals surface area contributed by atoms with Crippen LogP contribution in [0.1, 0.15) is 22.3 Å². The zero-order valence-corrected chi connectivity index (χ0v) is 12.9. The van der Waals surface area contributed by atoms with E-state index >= 15 is 0 Å². The number of ether oxygens (including phenoxy) is 2. The molecule has 120 valence electrons. The number of carbonyl (C=O) groups is 1. The van der Waals surface area contributed by atoms with Crippen molar-refractivity contribution in [1.29, 1.82) is 0 Å². The maximum Gasteiger partial charge on any atom is 0.251 e. The summed E-state index contributed by atoms with van der Waals surface area (Å²) in [5.41, 5.74) is 0.118. The lowest BCUT2D eigenvalue weighted by atomic mass is 9.88. The van der Waals surface area contributed by atoms with E-state index in [0.717, 1.165) is 0 Å². The van der Waals surface area contributed by atoms with Gasteiger partial charge in [-0.2, -0.15) is 0 Å². The summed E-state index contributed by atoms with van der Waals surface area (Å²) in [7, 11) is 1.58. The van der Waals surface area contributed by atoms with Gasteiger partial charge in [0.25, 0.3) is 5.91 Å². The number of amides is 1. The van der Waals surface area contributed by atoms with Gasteiger partial charge in [-0.25, -0.2) is 0 Å². The number of methoxy groups -OCH3 is 1. The Kier molecular flexibility index (Phi) is 4.21. The Balaban J connectivity index is 1.71. The van der Waals surface area contributed by atoms with Crippen molar-refractivity contribution < 1.29 is 19.4 Å². The molecule has 2 N–H and O–H groups in total. The van der Waals surface area contributed by atoms with Crippen molar-refractivity contribution in [3.8, 4) is 11.5 Å². The summed E-state index contributed by atoms with van der Waals surface area (Å²) in [6.45, 7) is 0.560. The highest BCUT2D eigenvalue weighted by Crippen LogP contribution is 2.36. The van der Waals surface area contributed by atoms with E-state index in [1.807, 2.05) is 24.3 Å². The molecule has 0 radical (unpaired) electrons. The summed E-state index contributed by atoms with van der Waals surface area (Å²) >= 11 is 0. The molecule has 0 saturated carbocycles. The zero-order chi connectivity index (χ0) is 16.3. The molecule has 5 nitrogen and oxygen atoms in total. The fourth-order valence-electron chi connectivity index (χ4n) is 2.70. The number of hydrogen-bond donors (Lipinski definition) is 2. The van der Waals surface area contributed by atoms with Crippen molar-refractivity contribution in [1.82, 2.24) is 5.32 Å². The second-order valence-corrected chi connectivity index (χ2v) is 5.54. The Morgan fingerprint density at radius 3 is 2.74 bits per heavy atom. The van der Waals surface area contributed by atoms with Gasteiger partial charge in [0.1, 0.15) is 17.1 Å². The SMILES string of the molecule is COc1ccc(C(=O)NCC2(O)CCOc3ccccc32)cc1. The molecule has 0 fully saturated rings. The molecule has 5 heteroatoms. The number of hydrogen-bond acceptors (Lipinski definition) is 4. The Hall–Kier alpha value is -2.53. The molecule has 3 rings (SSSR count). The van der Waals surface area contributed by atoms with Crippen LogP contribution in [0.25, 0.3) is 0 Å². The molecule has 1 aliphatic heterocycles. The Bertz CT molecular complexity index is 698. The molecule has 1 unspecified atom stereocenters. The largest absolute Gasteiger partial charge is 0.497 e. The Labute approximate surface area is 134 Å². The number of benzene rings is 2.